The minimum absolute atomic E-state index is 0.139. The van der Waals surface area contributed by atoms with Crippen molar-refractivity contribution in [3.05, 3.63) is 27.7 Å². The number of rotatable bonds is 7. The van der Waals surface area contributed by atoms with Crippen molar-refractivity contribution in [2.75, 3.05) is 13.2 Å². The van der Waals surface area contributed by atoms with Gasteiger partial charge in [-0.2, -0.15) is 0 Å². The Kier molecular flexibility index (Phi) is 5.44. The van der Waals surface area contributed by atoms with Gasteiger partial charge < -0.3 is 10.5 Å². The van der Waals surface area contributed by atoms with E-state index >= 15 is 0 Å². The van der Waals surface area contributed by atoms with E-state index in [-0.39, 0.29) is 11.2 Å². The summed E-state index contributed by atoms with van der Waals surface area (Å²) >= 11 is 3.52. The van der Waals surface area contributed by atoms with E-state index in [1.165, 1.54) is 5.56 Å². The lowest BCUT2D eigenvalue weighted by atomic mass is 9.83. The number of carbonyl (C=O) groups is 1. The Labute approximate surface area is 135 Å². The Bertz CT molecular complexity index is 526. The van der Waals surface area contributed by atoms with Crippen molar-refractivity contribution in [2.24, 2.45) is 11.1 Å². The summed E-state index contributed by atoms with van der Waals surface area (Å²) in [5, 5.41) is 0. The molecule has 0 radical (unpaired) electrons. The Hall–Kier alpha value is -0.870. The van der Waals surface area contributed by atoms with Gasteiger partial charge in [-0.25, -0.2) is 0 Å². The molecule has 0 unspecified atom stereocenters. The molecule has 1 aromatic carbocycles. The van der Waals surface area contributed by atoms with Crippen LogP contribution in [0.1, 0.15) is 44.2 Å². The van der Waals surface area contributed by atoms with Crippen molar-refractivity contribution in [1.29, 1.82) is 0 Å². The monoisotopic (exact) mass is 353 g/mol. The second kappa shape index (κ2) is 6.93. The third-order valence-corrected chi connectivity index (χ3v) is 4.57. The Balaban J connectivity index is 1.98. The van der Waals surface area contributed by atoms with Crippen LogP contribution in [0.3, 0.4) is 0 Å². The summed E-state index contributed by atoms with van der Waals surface area (Å²) in [6.07, 6.45) is 3.84. The smallest absolute Gasteiger partial charge is 0.137 e. The van der Waals surface area contributed by atoms with E-state index in [9.17, 15) is 4.79 Å². The molecule has 3 nitrogen and oxygen atoms in total. The van der Waals surface area contributed by atoms with Gasteiger partial charge in [0, 0.05) is 29.3 Å². The van der Waals surface area contributed by atoms with Crippen molar-refractivity contribution < 1.29 is 9.53 Å². The van der Waals surface area contributed by atoms with Crippen LogP contribution in [0.4, 0.5) is 0 Å². The molecule has 0 amide bonds. The molecule has 2 rings (SSSR count). The van der Waals surface area contributed by atoms with Gasteiger partial charge >= 0.3 is 0 Å². The average Bonchev–Trinajstić information content (AvgIpc) is 2.84. The molecule has 0 spiro atoms. The van der Waals surface area contributed by atoms with Gasteiger partial charge in [0.15, 0.2) is 0 Å². The maximum absolute atomic E-state index is 12.3. The summed E-state index contributed by atoms with van der Waals surface area (Å²) in [6.45, 7) is 5.74. The van der Waals surface area contributed by atoms with E-state index in [1.807, 2.05) is 6.07 Å². The zero-order chi connectivity index (χ0) is 15.5. The van der Waals surface area contributed by atoms with Crippen LogP contribution in [-0.2, 0) is 17.6 Å². The van der Waals surface area contributed by atoms with Gasteiger partial charge in [0.25, 0.3) is 0 Å². The van der Waals surface area contributed by atoms with Crippen LogP contribution in [0.15, 0.2) is 16.6 Å². The van der Waals surface area contributed by atoms with Crippen molar-refractivity contribution in [1.82, 2.24) is 0 Å². The van der Waals surface area contributed by atoms with Gasteiger partial charge in [-0.1, -0.05) is 29.8 Å². The lowest BCUT2D eigenvalue weighted by Crippen LogP contribution is -2.19. The summed E-state index contributed by atoms with van der Waals surface area (Å²) in [6, 6.07) is 4.09. The summed E-state index contributed by atoms with van der Waals surface area (Å²) in [5.74, 6) is 1.20. The highest BCUT2D eigenvalue weighted by molar-refractivity contribution is 9.10. The Morgan fingerprint density at radius 2 is 2.14 bits per heavy atom. The van der Waals surface area contributed by atoms with E-state index in [1.54, 1.807) is 0 Å². The number of benzene rings is 1. The molecule has 0 saturated heterocycles. The highest BCUT2D eigenvalue weighted by Gasteiger charge is 2.21. The normalized spacial score (nSPS) is 13.9. The molecule has 0 fully saturated rings. The topological polar surface area (TPSA) is 52.3 Å². The van der Waals surface area contributed by atoms with Gasteiger partial charge in [0.05, 0.1) is 6.61 Å². The van der Waals surface area contributed by atoms with Crippen molar-refractivity contribution in [3.8, 4) is 5.75 Å². The number of ketones is 1. The quantitative estimate of drug-likeness (QED) is 0.813. The zero-order valence-corrected chi connectivity index (χ0v) is 14.5. The van der Waals surface area contributed by atoms with Crippen LogP contribution < -0.4 is 10.5 Å². The lowest BCUT2D eigenvalue weighted by Gasteiger charge is -2.23. The van der Waals surface area contributed by atoms with E-state index in [0.29, 0.717) is 19.4 Å². The average molecular weight is 354 g/mol. The molecule has 1 aliphatic rings. The summed E-state index contributed by atoms with van der Waals surface area (Å²) in [4.78, 5) is 12.3. The maximum atomic E-state index is 12.3. The molecular weight excluding hydrogens is 330 g/mol. The van der Waals surface area contributed by atoms with Gasteiger partial charge in [-0.3, -0.25) is 4.79 Å². The molecule has 0 aliphatic carbocycles. The van der Waals surface area contributed by atoms with Crippen LogP contribution in [-0.4, -0.2) is 18.9 Å². The van der Waals surface area contributed by atoms with E-state index in [4.69, 9.17) is 10.5 Å². The minimum Gasteiger partial charge on any atom is -0.493 e. The fourth-order valence-corrected chi connectivity index (χ4v) is 3.32. The first kappa shape index (κ1) is 16.5. The number of halogens is 1. The maximum Gasteiger partial charge on any atom is 0.137 e. The van der Waals surface area contributed by atoms with Crippen LogP contribution in [0, 0.1) is 5.41 Å². The fourth-order valence-electron chi connectivity index (χ4n) is 2.77. The highest BCUT2D eigenvalue weighted by Crippen LogP contribution is 2.34. The predicted molar refractivity (Wildman–Crippen MR) is 88.7 cm³/mol. The Morgan fingerprint density at radius 3 is 2.86 bits per heavy atom. The van der Waals surface area contributed by atoms with E-state index in [0.717, 1.165) is 41.7 Å². The minimum atomic E-state index is 0.139. The molecule has 1 aliphatic heterocycles. The molecule has 0 atom stereocenters. The lowest BCUT2D eigenvalue weighted by molar-refractivity contribution is -0.119. The van der Waals surface area contributed by atoms with Gasteiger partial charge in [-0.15, -0.1) is 0 Å². The van der Waals surface area contributed by atoms with Crippen LogP contribution in [0.5, 0.6) is 5.75 Å². The fraction of sp³-hybridized carbons (Fsp3) is 0.588. The third kappa shape index (κ3) is 4.55. The summed E-state index contributed by atoms with van der Waals surface area (Å²) in [7, 11) is 0. The van der Waals surface area contributed by atoms with Crippen LogP contribution >= 0.6 is 15.9 Å². The number of nitrogens with two attached hydrogens (primary N) is 1. The van der Waals surface area contributed by atoms with Gasteiger partial charge in [-0.05, 0) is 42.5 Å². The molecule has 0 saturated carbocycles. The van der Waals surface area contributed by atoms with Crippen LogP contribution in [0.2, 0.25) is 0 Å². The van der Waals surface area contributed by atoms with Gasteiger partial charge in [0.2, 0.25) is 0 Å². The number of carbonyl (C=O) groups excluding carboxylic acids is 1. The number of Topliss-reactive ketones (excluding diaryl/α,β-unsaturated/α-hetero) is 1. The predicted octanol–water partition coefficient (Wildman–Crippen LogP) is 3.65. The molecular formula is C17H24BrNO2. The SMILES string of the molecule is CC(C)(CCN)CCC(=O)Cc1cc(Br)cc2c1OCC2. The van der Waals surface area contributed by atoms with E-state index in [2.05, 4.69) is 35.8 Å². The molecule has 116 valence electrons. The molecule has 0 aromatic heterocycles. The van der Waals surface area contributed by atoms with Gasteiger partial charge in [0.1, 0.15) is 11.5 Å². The van der Waals surface area contributed by atoms with Crippen molar-refractivity contribution in [2.45, 2.75) is 46.0 Å². The molecule has 21 heavy (non-hydrogen) atoms. The second-order valence-electron chi connectivity index (χ2n) is 6.57. The molecule has 2 N–H and O–H groups in total. The number of ether oxygens (including phenoxy) is 1. The standard InChI is InChI=1S/C17H24BrNO2/c1-17(2,6-7-19)5-3-15(20)11-13-10-14(18)9-12-4-8-21-16(12)13/h9-10H,3-8,11,19H2,1-2H3. The van der Waals surface area contributed by atoms with E-state index < -0.39 is 0 Å². The Morgan fingerprint density at radius 1 is 1.38 bits per heavy atom. The second-order valence-corrected chi connectivity index (χ2v) is 7.49. The highest BCUT2D eigenvalue weighted by atomic mass is 79.9. The zero-order valence-electron chi connectivity index (χ0n) is 12.9. The molecule has 1 aromatic rings. The summed E-state index contributed by atoms with van der Waals surface area (Å²) in [5.41, 5.74) is 7.97. The number of hydrogen-bond donors (Lipinski definition) is 1. The number of hydrogen-bond acceptors (Lipinski definition) is 3. The largest absolute Gasteiger partial charge is 0.493 e. The molecule has 0 bridgehead atoms. The molecule has 4 heteroatoms. The van der Waals surface area contributed by atoms with Crippen LogP contribution in [0.25, 0.3) is 0 Å². The number of fused-ring (bicyclic) bond motifs is 1. The van der Waals surface area contributed by atoms with Crippen molar-refractivity contribution >= 4 is 21.7 Å². The third-order valence-electron chi connectivity index (χ3n) is 4.11. The first-order valence-corrected chi connectivity index (χ1v) is 8.36. The first-order chi connectivity index (χ1) is 9.91. The summed E-state index contributed by atoms with van der Waals surface area (Å²) < 4.78 is 6.71. The van der Waals surface area contributed by atoms with Crippen molar-refractivity contribution in [3.63, 3.8) is 0 Å². The first-order valence-electron chi connectivity index (χ1n) is 7.57. The molecule has 1 heterocycles.